The predicted octanol–water partition coefficient (Wildman–Crippen LogP) is 1.02. The monoisotopic (exact) mass is 168 g/mol. The number of carbonyl (C=O) groups is 1. The Morgan fingerprint density at radius 3 is 2.50 bits per heavy atom. The molecule has 66 valence electrons. The van der Waals surface area contributed by atoms with Crippen LogP contribution in [0, 0.1) is 0 Å². The average molecular weight is 168 g/mol. The SMILES string of the molecule is C1CCOC1.O=Cc1cnc[nH]1. The first kappa shape index (κ1) is 8.93. The van der Waals surface area contributed by atoms with Crippen molar-refractivity contribution in [1.29, 1.82) is 0 Å². The lowest BCUT2D eigenvalue weighted by molar-refractivity contribution is 0.111. The second-order valence-corrected chi connectivity index (χ2v) is 2.44. The van der Waals surface area contributed by atoms with Crippen LogP contribution in [0.3, 0.4) is 0 Å². The summed E-state index contributed by atoms with van der Waals surface area (Å²) in [6, 6.07) is 0. The smallest absolute Gasteiger partial charge is 0.167 e. The van der Waals surface area contributed by atoms with Gasteiger partial charge in [0, 0.05) is 13.2 Å². The summed E-state index contributed by atoms with van der Waals surface area (Å²) < 4.78 is 4.94. The number of aldehydes is 1. The Labute approximate surface area is 71.0 Å². The highest BCUT2D eigenvalue weighted by Gasteiger charge is 1.94. The molecule has 0 amide bonds. The molecule has 0 aromatic carbocycles. The normalized spacial score (nSPS) is 15.0. The van der Waals surface area contributed by atoms with E-state index in [1.54, 1.807) is 0 Å². The highest BCUT2D eigenvalue weighted by atomic mass is 16.5. The number of H-pyrrole nitrogens is 1. The third-order valence-corrected chi connectivity index (χ3v) is 1.47. The van der Waals surface area contributed by atoms with Crippen LogP contribution in [0.15, 0.2) is 12.5 Å². The van der Waals surface area contributed by atoms with Crippen LogP contribution in [0.2, 0.25) is 0 Å². The molecule has 1 N–H and O–H groups in total. The Morgan fingerprint density at radius 2 is 2.25 bits per heavy atom. The van der Waals surface area contributed by atoms with Gasteiger partial charge in [-0.05, 0) is 12.8 Å². The van der Waals surface area contributed by atoms with E-state index < -0.39 is 0 Å². The fourth-order valence-corrected chi connectivity index (χ4v) is 0.841. The van der Waals surface area contributed by atoms with E-state index in [0.29, 0.717) is 12.0 Å². The molecule has 4 heteroatoms. The van der Waals surface area contributed by atoms with Crippen molar-refractivity contribution in [3.05, 3.63) is 18.2 Å². The first-order valence-electron chi connectivity index (χ1n) is 3.95. The van der Waals surface area contributed by atoms with Gasteiger partial charge in [0.2, 0.25) is 0 Å². The van der Waals surface area contributed by atoms with Gasteiger partial charge in [0.25, 0.3) is 0 Å². The van der Waals surface area contributed by atoms with Gasteiger partial charge in [-0.3, -0.25) is 4.79 Å². The third-order valence-electron chi connectivity index (χ3n) is 1.47. The quantitative estimate of drug-likeness (QED) is 0.637. The van der Waals surface area contributed by atoms with E-state index in [1.807, 2.05) is 0 Å². The van der Waals surface area contributed by atoms with Gasteiger partial charge in [-0.1, -0.05) is 0 Å². The summed E-state index contributed by atoms with van der Waals surface area (Å²) in [5, 5.41) is 0. The number of nitrogens with one attached hydrogen (secondary N) is 1. The highest BCUT2D eigenvalue weighted by Crippen LogP contribution is 1.98. The molecule has 12 heavy (non-hydrogen) atoms. The maximum atomic E-state index is 9.80. The molecule has 0 bridgehead atoms. The molecule has 0 saturated carbocycles. The van der Waals surface area contributed by atoms with Crippen LogP contribution in [-0.4, -0.2) is 29.5 Å². The lowest BCUT2D eigenvalue weighted by Crippen LogP contribution is -1.74. The van der Waals surface area contributed by atoms with E-state index in [4.69, 9.17) is 4.74 Å². The van der Waals surface area contributed by atoms with Crippen molar-refractivity contribution in [3.63, 3.8) is 0 Å². The van der Waals surface area contributed by atoms with Gasteiger partial charge in [-0.15, -0.1) is 0 Å². The number of imidazole rings is 1. The zero-order valence-electron chi connectivity index (χ0n) is 6.82. The van der Waals surface area contributed by atoms with Gasteiger partial charge in [0.1, 0.15) is 0 Å². The van der Waals surface area contributed by atoms with Crippen LogP contribution < -0.4 is 0 Å². The number of hydrogen-bond acceptors (Lipinski definition) is 3. The minimum atomic E-state index is 0.514. The maximum Gasteiger partial charge on any atom is 0.167 e. The summed E-state index contributed by atoms with van der Waals surface area (Å²) in [5.41, 5.74) is 0.514. The third kappa shape index (κ3) is 3.30. The Bertz CT molecular complexity index is 197. The lowest BCUT2D eigenvalue weighted by atomic mass is 10.4. The van der Waals surface area contributed by atoms with Crippen molar-refractivity contribution >= 4 is 6.29 Å². The lowest BCUT2D eigenvalue weighted by Gasteiger charge is -1.76. The molecule has 0 radical (unpaired) electrons. The van der Waals surface area contributed by atoms with E-state index in [9.17, 15) is 4.79 Å². The Hall–Kier alpha value is -1.16. The number of aromatic nitrogens is 2. The van der Waals surface area contributed by atoms with Crippen molar-refractivity contribution in [2.45, 2.75) is 12.8 Å². The van der Waals surface area contributed by atoms with E-state index >= 15 is 0 Å². The van der Waals surface area contributed by atoms with E-state index in [2.05, 4.69) is 9.97 Å². The molecule has 1 aliphatic heterocycles. The summed E-state index contributed by atoms with van der Waals surface area (Å²) in [5.74, 6) is 0. The van der Waals surface area contributed by atoms with Crippen LogP contribution in [0.25, 0.3) is 0 Å². The molecule has 0 spiro atoms. The molecular formula is C8H12N2O2. The van der Waals surface area contributed by atoms with Crippen molar-refractivity contribution in [2.75, 3.05) is 13.2 Å². The van der Waals surface area contributed by atoms with Crippen molar-refractivity contribution < 1.29 is 9.53 Å². The standard InChI is InChI=1S/C4H4N2O.C4H8O/c7-2-4-1-5-3-6-4;1-2-4-5-3-1/h1-3H,(H,5,6);1-4H2. The van der Waals surface area contributed by atoms with Crippen LogP contribution in [-0.2, 0) is 4.74 Å². The largest absolute Gasteiger partial charge is 0.381 e. The number of hydrogen-bond donors (Lipinski definition) is 1. The molecule has 0 aliphatic carbocycles. The summed E-state index contributed by atoms with van der Waals surface area (Å²) in [6.45, 7) is 2.00. The van der Waals surface area contributed by atoms with Gasteiger partial charge < -0.3 is 9.72 Å². The van der Waals surface area contributed by atoms with Crippen LogP contribution >= 0.6 is 0 Å². The molecule has 1 fully saturated rings. The van der Waals surface area contributed by atoms with Gasteiger partial charge in [0.15, 0.2) is 6.29 Å². The molecule has 1 aromatic heterocycles. The summed E-state index contributed by atoms with van der Waals surface area (Å²) >= 11 is 0. The molecule has 1 aliphatic rings. The van der Waals surface area contributed by atoms with E-state index in [1.165, 1.54) is 25.4 Å². The average Bonchev–Trinajstić information content (AvgIpc) is 2.81. The topological polar surface area (TPSA) is 55.0 Å². The summed E-state index contributed by atoms with van der Waals surface area (Å²) in [6.07, 6.45) is 6.20. The van der Waals surface area contributed by atoms with Crippen LogP contribution in [0.5, 0.6) is 0 Å². The van der Waals surface area contributed by atoms with Crippen LogP contribution in [0.1, 0.15) is 23.3 Å². The van der Waals surface area contributed by atoms with Gasteiger partial charge in [0.05, 0.1) is 18.2 Å². The zero-order valence-corrected chi connectivity index (χ0v) is 6.82. The number of carbonyl (C=O) groups excluding carboxylic acids is 1. The van der Waals surface area contributed by atoms with Crippen molar-refractivity contribution in [2.24, 2.45) is 0 Å². The Kier molecular flexibility index (Phi) is 4.08. The number of ether oxygens (including phenoxy) is 1. The highest BCUT2D eigenvalue weighted by molar-refractivity contribution is 5.70. The Balaban J connectivity index is 0.000000127. The minimum absolute atomic E-state index is 0.514. The minimum Gasteiger partial charge on any atom is -0.381 e. The van der Waals surface area contributed by atoms with Crippen LogP contribution in [0.4, 0.5) is 0 Å². The second-order valence-electron chi connectivity index (χ2n) is 2.44. The molecule has 1 saturated heterocycles. The molecule has 0 unspecified atom stereocenters. The first-order valence-corrected chi connectivity index (χ1v) is 3.95. The zero-order chi connectivity index (χ0) is 8.65. The number of aromatic amines is 1. The Morgan fingerprint density at radius 1 is 1.50 bits per heavy atom. The summed E-state index contributed by atoms with van der Waals surface area (Å²) in [4.78, 5) is 16.0. The van der Waals surface area contributed by atoms with Crippen molar-refractivity contribution in [1.82, 2.24) is 9.97 Å². The van der Waals surface area contributed by atoms with E-state index in [-0.39, 0.29) is 0 Å². The van der Waals surface area contributed by atoms with Gasteiger partial charge in [-0.2, -0.15) is 0 Å². The molecule has 1 aromatic rings. The molecule has 2 heterocycles. The maximum absolute atomic E-state index is 9.80. The second kappa shape index (κ2) is 5.49. The fraction of sp³-hybridized carbons (Fsp3) is 0.500. The number of rotatable bonds is 1. The van der Waals surface area contributed by atoms with Gasteiger partial charge >= 0.3 is 0 Å². The van der Waals surface area contributed by atoms with Crippen molar-refractivity contribution in [3.8, 4) is 0 Å². The first-order chi connectivity index (χ1) is 5.93. The van der Waals surface area contributed by atoms with Gasteiger partial charge in [-0.25, -0.2) is 4.98 Å². The van der Waals surface area contributed by atoms with E-state index in [0.717, 1.165) is 13.2 Å². The molecule has 2 rings (SSSR count). The molecular weight excluding hydrogens is 156 g/mol. The summed E-state index contributed by atoms with van der Waals surface area (Å²) in [7, 11) is 0. The molecule has 0 atom stereocenters. The fourth-order valence-electron chi connectivity index (χ4n) is 0.841. The molecule has 4 nitrogen and oxygen atoms in total. The number of nitrogens with zero attached hydrogens (tertiary/aromatic N) is 1. The predicted molar refractivity (Wildman–Crippen MR) is 44.0 cm³/mol.